The van der Waals surface area contributed by atoms with Crippen molar-refractivity contribution in [3.63, 3.8) is 0 Å². The Balaban J connectivity index is 0.000000654. The van der Waals surface area contributed by atoms with E-state index in [1.807, 2.05) is 41.2 Å². The first-order valence-corrected chi connectivity index (χ1v) is 17.1. The fraction of sp³-hybridized carbons (Fsp3) is 0.559. The van der Waals surface area contributed by atoms with Crippen LogP contribution in [0.2, 0.25) is 0 Å². The molecule has 6 rings (SSSR count). The number of anilines is 1. The number of alkyl halides is 3. The molecule has 1 saturated carbocycles. The van der Waals surface area contributed by atoms with Crippen molar-refractivity contribution < 1.29 is 32.7 Å². The number of likely N-dealkylation sites (N-methyl/N-ethyl adjacent to an activating group) is 1. The smallest absolute Gasteiger partial charge is 0.475 e. The van der Waals surface area contributed by atoms with Crippen molar-refractivity contribution in [1.82, 2.24) is 39.6 Å². The number of imidazole rings is 1. The van der Waals surface area contributed by atoms with Crippen LogP contribution >= 0.6 is 0 Å². The van der Waals surface area contributed by atoms with Crippen LogP contribution in [0.1, 0.15) is 66.7 Å². The molecule has 0 radical (unpaired) electrons. The second-order valence-corrected chi connectivity index (χ2v) is 13.3. The van der Waals surface area contributed by atoms with Gasteiger partial charge in [0.05, 0.1) is 12.4 Å². The third kappa shape index (κ3) is 9.50. The van der Waals surface area contributed by atoms with E-state index in [1.54, 1.807) is 10.9 Å². The van der Waals surface area contributed by atoms with Crippen LogP contribution in [0.5, 0.6) is 0 Å². The lowest BCUT2D eigenvalue weighted by atomic mass is 9.94. The summed E-state index contributed by atoms with van der Waals surface area (Å²) in [4.78, 5) is 55.6. The first-order valence-electron chi connectivity index (χ1n) is 17.1. The molecule has 14 nitrogen and oxygen atoms in total. The van der Waals surface area contributed by atoms with Crippen LogP contribution < -0.4 is 10.4 Å². The molecule has 274 valence electrons. The molecule has 0 bridgehead atoms. The molecular weight excluding hydrogens is 669 g/mol. The minimum absolute atomic E-state index is 0.0447. The van der Waals surface area contributed by atoms with E-state index >= 15 is 0 Å². The Kier molecular flexibility index (Phi) is 12.1. The number of aliphatic carboxylic acids is 1. The first kappa shape index (κ1) is 37.4. The summed E-state index contributed by atoms with van der Waals surface area (Å²) in [7, 11) is 3.94. The molecule has 0 unspecified atom stereocenters. The number of nitrogens with zero attached hydrogens (tertiary/aromatic N) is 9. The minimum atomic E-state index is -5.08. The maximum atomic E-state index is 13.6. The van der Waals surface area contributed by atoms with Gasteiger partial charge in [0.1, 0.15) is 6.07 Å². The van der Waals surface area contributed by atoms with Gasteiger partial charge in [-0.25, -0.2) is 9.78 Å². The number of hydrogen-bond donors (Lipinski definition) is 2. The molecule has 3 aliphatic rings. The Morgan fingerprint density at radius 2 is 1.59 bits per heavy atom. The molecule has 2 N–H and O–H groups in total. The van der Waals surface area contributed by atoms with E-state index < -0.39 is 12.1 Å². The number of amides is 2. The average molecular weight is 713 g/mol. The maximum absolute atomic E-state index is 13.6. The lowest BCUT2D eigenvalue weighted by molar-refractivity contribution is -0.192. The number of carbonyl (C=O) groups is 3. The second-order valence-electron chi connectivity index (χ2n) is 13.3. The van der Waals surface area contributed by atoms with Gasteiger partial charge in [0.15, 0.2) is 17.0 Å². The van der Waals surface area contributed by atoms with Gasteiger partial charge in [-0.3, -0.25) is 24.9 Å². The molecule has 0 atom stereocenters. The highest BCUT2D eigenvalue weighted by Crippen LogP contribution is 2.29. The minimum Gasteiger partial charge on any atom is -0.475 e. The van der Waals surface area contributed by atoms with Gasteiger partial charge >= 0.3 is 12.1 Å². The van der Waals surface area contributed by atoms with E-state index in [9.17, 15) is 28.0 Å². The summed E-state index contributed by atoms with van der Waals surface area (Å²) in [5.74, 6) is -2.04. The summed E-state index contributed by atoms with van der Waals surface area (Å²) in [6, 6.07) is 9.85. The molecule has 2 aliphatic heterocycles. The molecule has 51 heavy (non-hydrogen) atoms. The van der Waals surface area contributed by atoms with E-state index in [0.29, 0.717) is 28.5 Å². The van der Waals surface area contributed by atoms with E-state index in [0.717, 1.165) is 96.3 Å². The molecule has 2 amide bonds. The number of carboxylic acids is 1. The molecule has 1 aliphatic carbocycles. The maximum Gasteiger partial charge on any atom is 0.490 e. The third-order valence-corrected chi connectivity index (χ3v) is 9.65. The number of piperazine rings is 1. The SMILES string of the molecule is CN1CCN(C(=O)C2CCN(Cc3ccc(C(=O)NN(c4nc(C#N)nc5c4ncn5C)C4CCCCC4)cc3)CC2)CC1.O=C(O)C(F)(F)F. The summed E-state index contributed by atoms with van der Waals surface area (Å²) in [6.07, 6.45) is 3.47. The van der Waals surface area contributed by atoms with Gasteiger partial charge in [-0.05, 0) is 63.5 Å². The molecule has 1 aromatic carbocycles. The summed E-state index contributed by atoms with van der Waals surface area (Å²) in [5, 5.41) is 18.6. The predicted octanol–water partition coefficient (Wildman–Crippen LogP) is 3.34. The Morgan fingerprint density at radius 1 is 0.961 bits per heavy atom. The van der Waals surface area contributed by atoms with Gasteiger partial charge in [0.2, 0.25) is 11.7 Å². The number of nitrogens with one attached hydrogen (secondary N) is 1. The number of aromatic nitrogens is 4. The highest BCUT2D eigenvalue weighted by atomic mass is 19.4. The van der Waals surface area contributed by atoms with E-state index in [4.69, 9.17) is 9.90 Å². The monoisotopic (exact) mass is 712 g/mol. The third-order valence-electron chi connectivity index (χ3n) is 9.65. The van der Waals surface area contributed by atoms with E-state index in [-0.39, 0.29) is 23.7 Å². The number of likely N-dealkylation sites (tertiary alicyclic amines) is 1. The van der Waals surface area contributed by atoms with Crippen molar-refractivity contribution in [3.05, 3.63) is 47.5 Å². The number of halogens is 3. The average Bonchev–Trinajstić information content (AvgIpc) is 3.51. The topological polar surface area (TPSA) is 164 Å². The Labute approximate surface area is 293 Å². The number of hydrazine groups is 1. The van der Waals surface area contributed by atoms with Gasteiger partial charge in [-0.1, -0.05) is 31.4 Å². The number of benzene rings is 1. The van der Waals surface area contributed by atoms with Crippen molar-refractivity contribution in [1.29, 1.82) is 5.26 Å². The number of fused-ring (bicyclic) bond motifs is 1. The number of hydrogen-bond acceptors (Lipinski definition) is 10. The standard InChI is InChI=1S/C32H42N10O2.C2HF3O2/c1-38-16-18-41(19-17-38)32(44)25-12-14-40(15-13-25)21-23-8-10-24(11-9-23)31(43)37-42(26-6-4-3-5-7-26)30-28-29(39(2)22-34-28)35-27(20-33)36-30;3-2(4,5)1(6)7/h8-11,22,25-26H,3-7,12-19,21H2,1-2H3,(H,37,43);(H,6,7). The lowest BCUT2D eigenvalue weighted by Gasteiger charge is -2.37. The van der Waals surface area contributed by atoms with Crippen molar-refractivity contribution in [2.75, 3.05) is 51.3 Å². The lowest BCUT2D eigenvalue weighted by Crippen LogP contribution is -2.50. The van der Waals surface area contributed by atoms with Crippen molar-refractivity contribution in [3.8, 4) is 6.07 Å². The van der Waals surface area contributed by atoms with Crippen LogP contribution in [0.4, 0.5) is 19.0 Å². The molecular formula is C34H43F3N10O4. The largest absolute Gasteiger partial charge is 0.490 e. The fourth-order valence-electron chi connectivity index (χ4n) is 6.68. The van der Waals surface area contributed by atoms with Gasteiger partial charge in [-0.2, -0.15) is 28.4 Å². The van der Waals surface area contributed by atoms with Crippen LogP contribution in [0, 0.1) is 17.2 Å². The van der Waals surface area contributed by atoms with Gasteiger partial charge < -0.3 is 19.5 Å². The van der Waals surface area contributed by atoms with Gasteiger partial charge in [0, 0.05) is 51.3 Å². The second kappa shape index (κ2) is 16.5. The van der Waals surface area contributed by atoms with Crippen molar-refractivity contribution >= 4 is 34.8 Å². The molecule has 2 saturated heterocycles. The molecule has 4 heterocycles. The number of carbonyl (C=O) groups excluding carboxylic acids is 2. The first-order chi connectivity index (χ1) is 24.3. The van der Waals surface area contributed by atoms with Crippen molar-refractivity contribution in [2.45, 2.75) is 63.7 Å². The zero-order valence-electron chi connectivity index (χ0n) is 28.8. The van der Waals surface area contributed by atoms with Crippen LogP contribution in [0.25, 0.3) is 11.2 Å². The Bertz CT molecular complexity index is 1720. The van der Waals surface area contributed by atoms with Gasteiger partial charge in [0.25, 0.3) is 5.91 Å². The molecule has 3 fully saturated rings. The van der Waals surface area contributed by atoms with Crippen LogP contribution in [-0.2, 0) is 23.2 Å². The quantitative estimate of drug-likeness (QED) is 0.346. The Morgan fingerprint density at radius 3 is 2.18 bits per heavy atom. The van der Waals surface area contributed by atoms with Crippen molar-refractivity contribution in [2.24, 2.45) is 13.0 Å². The zero-order valence-corrected chi connectivity index (χ0v) is 28.8. The van der Waals surface area contributed by atoms with Crippen LogP contribution in [0.15, 0.2) is 30.6 Å². The van der Waals surface area contributed by atoms with Crippen LogP contribution in [-0.4, -0.2) is 116 Å². The fourth-order valence-corrected chi connectivity index (χ4v) is 6.68. The highest BCUT2D eigenvalue weighted by molar-refractivity contribution is 5.96. The summed E-state index contributed by atoms with van der Waals surface area (Å²) in [6.45, 7) is 6.16. The number of carboxylic acid groups (broad SMARTS) is 1. The number of nitriles is 1. The summed E-state index contributed by atoms with van der Waals surface area (Å²) >= 11 is 0. The predicted molar refractivity (Wildman–Crippen MR) is 180 cm³/mol. The molecule has 2 aromatic heterocycles. The zero-order chi connectivity index (χ0) is 36.7. The van der Waals surface area contributed by atoms with Gasteiger partial charge in [-0.15, -0.1) is 0 Å². The number of piperidine rings is 1. The van der Waals surface area contributed by atoms with Crippen LogP contribution in [0.3, 0.4) is 0 Å². The highest BCUT2D eigenvalue weighted by Gasteiger charge is 2.38. The molecule has 17 heteroatoms. The number of rotatable bonds is 7. The summed E-state index contributed by atoms with van der Waals surface area (Å²) < 4.78 is 33.5. The molecule has 3 aromatic rings. The van der Waals surface area contributed by atoms with E-state index in [2.05, 4.69) is 43.3 Å². The molecule has 0 spiro atoms. The summed E-state index contributed by atoms with van der Waals surface area (Å²) in [5.41, 5.74) is 5.92. The Hall–Kier alpha value is -4.82. The van der Waals surface area contributed by atoms with E-state index in [1.165, 1.54) is 0 Å². The normalized spacial score (nSPS) is 18.1. The number of aryl methyl sites for hydroxylation is 1.